The molecule has 0 atom stereocenters. The maximum atomic E-state index is 2.60. The predicted octanol–water partition coefficient (Wildman–Crippen LogP) is 3.97. The Kier molecular flexibility index (Phi) is 3.31. The third kappa shape index (κ3) is 2.55. The van der Waals surface area contributed by atoms with Crippen molar-refractivity contribution in [3.63, 3.8) is 0 Å². The van der Waals surface area contributed by atoms with Crippen LogP contribution in [0.4, 0.5) is 0 Å². The molecule has 0 saturated carbocycles. The number of benzene rings is 1. The Balaban J connectivity index is 2.35. The summed E-state index contributed by atoms with van der Waals surface area (Å²) in [6.07, 6.45) is 1.20. The third-order valence-electron chi connectivity index (χ3n) is 3.88. The average Bonchev–Trinajstić information content (AvgIpc) is 2.26. The van der Waals surface area contributed by atoms with E-state index in [-0.39, 0.29) is 5.54 Å². The highest BCUT2D eigenvalue weighted by atomic mass is 15.2. The summed E-state index contributed by atoms with van der Waals surface area (Å²) < 4.78 is 0. The lowest BCUT2D eigenvalue weighted by molar-refractivity contribution is 0.120. The topological polar surface area (TPSA) is 3.24 Å². The Morgan fingerprint density at radius 3 is 2.47 bits per heavy atom. The van der Waals surface area contributed by atoms with Gasteiger partial charge in [0.05, 0.1) is 0 Å². The molecule has 0 saturated heterocycles. The van der Waals surface area contributed by atoms with Gasteiger partial charge in [0, 0.05) is 18.6 Å². The molecule has 1 aliphatic heterocycles. The van der Waals surface area contributed by atoms with Crippen molar-refractivity contribution in [1.82, 2.24) is 4.90 Å². The van der Waals surface area contributed by atoms with Crippen LogP contribution in [0.5, 0.6) is 0 Å². The molecule has 0 spiro atoms. The van der Waals surface area contributed by atoms with Gasteiger partial charge >= 0.3 is 0 Å². The summed E-state index contributed by atoms with van der Waals surface area (Å²) in [5.41, 5.74) is 4.97. The Morgan fingerprint density at radius 1 is 1.18 bits per heavy atom. The lowest BCUT2D eigenvalue weighted by Crippen LogP contribution is -2.44. The summed E-state index contributed by atoms with van der Waals surface area (Å²) in [4.78, 5) is 2.60. The molecule has 0 aromatic heterocycles. The first kappa shape index (κ1) is 12.6. The summed E-state index contributed by atoms with van der Waals surface area (Å²) in [5, 5.41) is 0. The van der Waals surface area contributed by atoms with Crippen LogP contribution >= 0.6 is 0 Å². The van der Waals surface area contributed by atoms with Crippen LogP contribution < -0.4 is 0 Å². The molecule has 1 aromatic carbocycles. The summed E-state index contributed by atoms with van der Waals surface area (Å²) in [6, 6.07) is 6.83. The second-order valence-electron chi connectivity index (χ2n) is 6.48. The third-order valence-corrected chi connectivity index (χ3v) is 3.88. The Hall–Kier alpha value is -0.820. The molecular formula is C16H25N. The molecule has 94 valence electrons. The SMILES string of the molecule is CC(C)c1cccc2c1CN(C(C)(C)C)CC2. The van der Waals surface area contributed by atoms with Crippen molar-refractivity contribution < 1.29 is 0 Å². The van der Waals surface area contributed by atoms with Crippen LogP contribution in [0.25, 0.3) is 0 Å². The van der Waals surface area contributed by atoms with Crippen molar-refractivity contribution in [3.8, 4) is 0 Å². The van der Waals surface area contributed by atoms with Gasteiger partial charge in [-0.3, -0.25) is 4.90 Å². The highest BCUT2D eigenvalue weighted by molar-refractivity contribution is 5.38. The normalized spacial score (nSPS) is 17.3. The molecule has 0 aliphatic carbocycles. The number of fused-ring (bicyclic) bond motifs is 1. The molecule has 0 amide bonds. The maximum absolute atomic E-state index is 2.60. The fourth-order valence-electron chi connectivity index (χ4n) is 2.72. The number of nitrogens with zero attached hydrogens (tertiary/aromatic N) is 1. The van der Waals surface area contributed by atoms with Gasteiger partial charge in [-0.05, 0) is 49.8 Å². The molecule has 1 heteroatoms. The van der Waals surface area contributed by atoms with E-state index in [4.69, 9.17) is 0 Å². The van der Waals surface area contributed by atoms with Crippen LogP contribution in [-0.4, -0.2) is 17.0 Å². The largest absolute Gasteiger partial charge is 0.294 e. The van der Waals surface area contributed by atoms with Gasteiger partial charge in [-0.25, -0.2) is 0 Å². The predicted molar refractivity (Wildman–Crippen MR) is 74.4 cm³/mol. The fraction of sp³-hybridized carbons (Fsp3) is 0.625. The van der Waals surface area contributed by atoms with Crippen LogP contribution in [0.15, 0.2) is 18.2 Å². The van der Waals surface area contributed by atoms with E-state index in [1.807, 2.05) is 0 Å². The van der Waals surface area contributed by atoms with Crippen LogP contribution in [0, 0.1) is 0 Å². The van der Waals surface area contributed by atoms with E-state index < -0.39 is 0 Å². The zero-order chi connectivity index (χ0) is 12.6. The van der Waals surface area contributed by atoms with Crippen LogP contribution in [0.1, 0.15) is 57.2 Å². The highest BCUT2D eigenvalue weighted by Gasteiger charge is 2.27. The number of hydrogen-bond acceptors (Lipinski definition) is 1. The van der Waals surface area contributed by atoms with E-state index in [0.29, 0.717) is 5.92 Å². The van der Waals surface area contributed by atoms with Gasteiger partial charge in [0.2, 0.25) is 0 Å². The monoisotopic (exact) mass is 231 g/mol. The highest BCUT2D eigenvalue weighted by Crippen LogP contribution is 2.30. The van der Waals surface area contributed by atoms with Gasteiger partial charge in [-0.1, -0.05) is 32.0 Å². The zero-order valence-corrected chi connectivity index (χ0v) is 11.9. The van der Waals surface area contributed by atoms with Gasteiger partial charge in [-0.2, -0.15) is 0 Å². The molecule has 0 unspecified atom stereocenters. The molecule has 1 heterocycles. The van der Waals surface area contributed by atoms with Crippen molar-refractivity contribution in [2.24, 2.45) is 0 Å². The van der Waals surface area contributed by atoms with Crippen LogP contribution in [0.3, 0.4) is 0 Å². The smallest absolute Gasteiger partial charge is 0.0244 e. The summed E-state index contributed by atoms with van der Waals surface area (Å²) in [5.74, 6) is 0.630. The van der Waals surface area contributed by atoms with Gasteiger partial charge < -0.3 is 0 Å². The van der Waals surface area contributed by atoms with E-state index in [0.717, 1.165) is 6.54 Å². The van der Waals surface area contributed by atoms with Crippen molar-refractivity contribution >= 4 is 0 Å². The fourth-order valence-corrected chi connectivity index (χ4v) is 2.72. The minimum absolute atomic E-state index is 0.280. The lowest BCUT2D eigenvalue weighted by atomic mass is 9.88. The number of hydrogen-bond donors (Lipinski definition) is 0. The van der Waals surface area contributed by atoms with E-state index in [9.17, 15) is 0 Å². The molecular weight excluding hydrogens is 206 g/mol. The Morgan fingerprint density at radius 2 is 1.88 bits per heavy atom. The molecule has 0 bridgehead atoms. The second-order valence-corrected chi connectivity index (χ2v) is 6.48. The summed E-state index contributed by atoms with van der Waals surface area (Å²) in [7, 11) is 0. The summed E-state index contributed by atoms with van der Waals surface area (Å²) in [6.45, 7) is 13.9. The van der Waals surface area contributed by atoms with Crippen molar-refractivity contribution in [1.29, 1.82) is 0 Å². The first-order chi connectivity index (χ1) is 7.89. The van der Waals surface area contributed by atoms with Crippen LogP contribution in [-0.2, 0) is 13.0 Å². The Bertz CT molecular complexity index is 398. The van der Waals surface area contributed by atoms with E-state index in [1.54, 1.807) is 11.1 Å². The lowest BCUT2D eigenvalue weighted by Gasteiger charge is -2.40. The van der Waals surface area contributed by atoms with Crippen molar-refractivity contribution in [2.75, 3.05) is 6.54 Å². The molecule has 0 fully saturated rings. The molecule has 0 radical (unpaired) electrons. The molecule has 0 N–H and O–H groups in total. The van der Waals surface area contributed by atoms with Crippen LogP contribution in [0.2, 0.25) is 0 Å². The van der Waals surface area contributed by atoms with Gasteiger partial charge in [0.1, 0.15) is 0 Å². The first-order valence-electron chi connectivity index (χ1n) is 6.75. The summed E-state index contributed by atoms with van der Waals surface area (Å²) >= 11 is 0. The van der Waals surface area contributed by atoms with E-state index in [2.05, 4.69) is 57.7 Å². The standard InChI is InChI=1S/C16H25N/c1-12(2)14-8-6-7-13-9-10-17(11-15(13)14)16(3,4)5/h6-8,12H,9-11H2,1-5H3. The molecule has 17 heavy (non-hydrogen) atoms. The first-order valence-corrected chi connectivity index (χ1v) is 6.75. The quantitative estimate of drug-likeness (QED) is 0.707. The molecule has 2 rings (SSSR count). The maximum Gasteiger partial charge on any atom is 0.0244 e. The minimum Gasteiger partial charge on any atom is -0.294 e. The zero-order valence-electron chi connectivity index (χ0n) is 11.9. The molecule has 1 aromatic rings. The number of rotatable bonds is 1. The Labute approximate surface area is 106 Å². The van der Waals surface area contributed by atoms with Crippen molar-refractivity contribution in [2.45, 2.75) is 59.0 Å². The van der Waals surface area contributed by atoms with Gasteiger partial charge in [0.25, 0.3) is 0 Å². The second kappa shape index (κ2) is 4.45. The van der Waals surface area contributed by atoms with Crippen molar-refractivity contribution in [3.05, 3.63) is 34.9 Å². The van der Waals surface area contributed by atoms with Gasteiger partial charge in [-0.15, -0.1) is 0 Å². The molecule has 1 aliphatic rings. The molecule has 1 nitrogen and oxygen atoms in total. The van der Waals surface area contributed by atoms with Gasteiger partial charge in [0.15, 0.2) is 0 Å². The average molecular weight is 231 g/mol. The minimum atomic E-state index is 0.280. The van der Waals surface area contributed by atoms with E-state index in [1.165, 1.54) is 18.5 Å². The van der Waals surface area contributed by atoms with E-state index >= 15 is 0 Å².